The van der Waals surface area contributed by atoms with E-state index in [1.165, 1.54) is 0 Å². The molecule has 18 heavy (non-hydrogen) atoms. The fourth-order valence-electron chi connectivity index (χ4n) is 1.67. The number of rotatable bonds is 3. The summed E-state index contributed by atoms with van der Waals surface area (Å²) in [5.74, 6) is 0. The summed E-state index contributed by atoms with van der Waals surface area (Å²) in [7, 11) is -2.72. The Morgan fingerprint density at radius 3 is 2.22 bits per heavy atom. The number of imidazole rings is 1. The van der Waals surface area contributed by atoms with Crippen molar-refractivity contribution in [3.8, 4) is 0 Å². The Morgan fingerprint density at radius 1 is 1.00 bits per heavy atom. The van der Waals surface area contributed by atoms with Gasteiger partial charge in [0, 0.05) is 0 Å². The van der Waals surface area contributed by atoms with Crippen LogP contribution in [0.1, 0.15) is 0 Å². The Bertz CT molecular complexity index is 568. The van der Waals surface area contributed by atoms with Crippen molar-refractivity contribution >= 4 is 37.8 Å². The first-order valence-electron chi connectivity index (χ1n) is 6.06. The molecule has 0 bridgehead atoms. The van der Waals surface area contributed by atoms with E-state index in [1.807, 2.05) is 17.5 Å². The normalized spacial score (nSPS) is 13.2. The fourth-order valence-corrected chi connectivity index (χ4v) is 5.98. The van der Waals surface area contributed by atoms with E-state index in [1.54, 1.807) is 6.33 Å². The van der Waals surface area contributed by atoms with Crippen molar-refractivity contribution < 1.29 is 0 Å². The minimum atomic E-state index is -1.46. The first kappa shape index (κ1) is 13.8. The average Bonchev–Trinajstić information content (AvgIpc) is 2.58. The standard InChI is InChI=1S/C11H20N4SSi2/c1-17(2,3)15-8-14-9-10(15)12-7-13-11(9)16-18(4,5)6/h7-8H,1-6H3. The molecule has 0 aliphatic rings. The van der Waals surface area contributed by atoms with Gasteiger partial charge in [0.2, 0.25) is 0 Å². The molecule has 0 amide bonds. The molecule has 0 unspecified atom stereocenters. The Morgan fingerprint density at radius 2 is 1.67 bits per heavy atom. The summed E-state index contributed by atoms with van der Waals surface area (Å²) in [5.41, 5.74) is 1.96. The smallest absolute Gasteiger partial charge is 0.156 e. The van der Waals surface area contributed by atoms with Gasteiger partial charge in [0.05, 0.1) is 6.33 Å². The molecule has 0 atom stereocenters. The Hall–Kier alpha value is -0.666. The van der Waals surface area contributed by atoms with E-state index in [9.17, 15) is 0 Å². The van der Waals surface area contributed by atoms with Gasteiger partial charge in [-0.25, -0.2) is 15.0 Å². The Balaban J connectivity index is 2.56. The van der Waals surface area contributed by atoms with Crippen LogP contribution in [-0.4, -0.2) is 34.6 Å². The van der Waals surface area contributed by atoms with Crippen LogP contribution in [0.4, 0.5) is 0 Å². The van der Waals surface area contributed by atoms with E-state index in [0.717, 1.165) is 16.2 Å². The first-order chi connectivity index (χ1) is 8.18. The van der Waals surface area contributed by atoms with Gasteiger partial charge in [-0.05, 0) is 0 Å². The topological polar surface area (TPSA) is 43.6 Å². The van der Waals surface area contributed by atoms with Gasteiger partial charge in [-0.2, -0.15) is 0 Å². The van der Waals surface area contributed by atoms with E-state index >= 15 is 0 Å². The van der Waals surface area contributed by atoms with Crippen molar-refractivity contribution in [2.24, 2.45) is 0 Å². The van der Waals surface area contributed by atoms with Crippen LogP contribution in [0.25, 0.3) is 11.2 Å². The highest BCUT2D eigenvalue weighted by Crippen LogP contribution is 2.31. The maximum Gasteiger partial charge on any atom is 0.156 e. The molecule has 0 saturated carbocycles. The van der Waals surface area contributed by atoms with Gasteiger partial charge < -0.3 is 4.23 Å². The maximum absolute atomic E-state index is 4.54. The molecule has 0 saturated heterocycles. The van der Waals surface area contributed by atoms with Gasteiger partial charge >= 0.3 is 0 Å². The molecule has 0 radical (unpaired) electrons. The number of nitrogens with zero attached hydrogens (tertiary/aromatic N) is 4. The highest BCUT2D eigenvalue weighted by Gasteiger charge is 2.23. The zero-order valence-electron chi connectivity index (χ0n) is 11.9. The summed E-state index contributed by atoms with van der Waals surface area (Å²) >= 11 is 1.88. The third kappa shape index (κ3) is 2.84. The lowest BCUT2D eigenvalue weighted by atomic mass is 10.6. The van der Waals surface area contributed by atoms with Crippen molar-refractivity contribution in [1.29, 1.82) is 0 Å². The highest BCUT2D eigenvalue weighted by atomic mass is 32.4. The van der Waals surface area contributed by atoms with E-state index < -0.39 is 15.5 Å². The summed E-state index contributed by atoms with van der Waals surface area (Å²) in [5, 5.41) is 1.04. The molecule has 2 aromatic heterocycles. The molecule has 0 spiro atoms. The predicted molar refractivity (Wildman–Crippen MR) is 83.3 cm³/mol. The molecule has 7 heteroatoms. The second-order valence-corrected chi connectivity index (χ2v) is 20.3. The molecular weight excluding hydrogens is 276 g/mol. The second-order valence-electron chi connectivity index (χ2n) is 6.35. The van der Waals surface area contributed by atoms with Crippen LogP contribution in [-0.2, 0) is 0 Å². The summed E-state index contributed by atoms with van der Waals surface area (Å²) in [6.45, 7) is 13.8. The van der Waals surface area contributed by atoms with Crippen molar-refractivity contribution in [2.75, 3.05) is 0 Å². The monoisotopic (exact) mass is 296 g/mol. The van der Waals surface area contributed by atoms with Gasteiger partial charge in [0.15, 0.2) is 13.9 Å². The summed E-state index contributed by atoms with van der Waals surface area (Å²) in [6.07, 6.45) is 3.60. The first-order valence-corrected chi connectivity index (χ1v) is 14.5. The zero-order chi connectivity index (χ0) is 13.6. The Labute approximate surface area is 114 Å². The number of hydrogen-bond donors (Lipinski definition) is 0. The molecule has 0 aromatic carbocycles. The summed E-state index contributed by atoms with van der Waals surface area (Å²) in [4.78, 5) is 13.4. The zero-order valence-corrected chi connectivity index (χ0v) is 14.7. The molecule has 0 fully saturated rings. The third-order valence-corrected chi connectivity index (χ3v) is 7.72. The summed E-state index contributed by atoms with van der Waals surface area (Å²) < 4.78 is 2.25. The van der Waals surface area contributed by atoms with E-state index in [-0.39, 0.29) is 0 Å². The number of aromatic nitrogens is 4. The molecular formula is C11H20N4SSi2. The van der Waals surface area contributed by atoms with Crippen molar-refractivity contribution in [3.63, 3.8) is 0 Å². The van der Waals surface area contributed by atoms with Gasteiger partial charge in [-0.15, -0.1) is 11.2 Å². The number of hydrogen-bond acceptors (Lipinski definition) is 4. The molecule has 0 aliphatic heterocycles. The van der Waals surface area contributed by atoms with Crippen LogP contribution in [0.5, 0.6) is 0 Å². The van der Waals surface area contributed by atoms with E-state index in [0.29, 0.717) is 0 Å². The van der Waals surface area contributed by atoms with Crippen molar-refractivity contribution in [2.45, 2.75) is 44.3 Å². The van der Waals surface area contributed by atoms with Crippen LogP contribution < -0.4 is 0 Å². The van der Waals surface area contributed by atoms with Crippen molar-refractivity contribution in [3.05, 3.63) is 12.7 Å². The van der Waals surface area contributed by atoms with Gasteiger partial charge in [-0.3, -0.25) is 0 Å². The van der Waals surface area contributed by atoms with Crippen LogP contribution in [0, 0.1) is 0 Å². The van der Waals surface area contributed by atoms with Gasteiger partial charge in [0.25, 0.3) is 0 Å². The average molecular weight is 297 g/mol. The van der Waals surface area contributed by atoms with Crippen LogP contribution in [0.3, 0.4) is 0 Å². The minimum absolute atomic E-state index is 0.965. The molecule has 2 aromatic rings. The third-order valence-electron chi connectivity index (χ3n) is 2.43. The molecule has 0 aliphatic carbocycles. The number of fused-ring (bicyclic) bond motifs is 1. The molecule has 2 heterocycles. The fraction of sp³-hybridized carbons (Fsp3) is 0.545. The highest BCUT2D eigenvalue weighted by molar-refractivity contribution is 8.28. The van der Waals surface area contributed by atoms with E-state index in [4.69, 9.17) is 0 Å². The van der Waals surface area contributed by atoms with Crippen LogP contribution in [0.15, 0.2) is 17.7 Å². The second kappa shape index (κ2) is 4.46. The lowest BCUT2D eigenvalue weighted by Gasteiger charge is -2.18. The predicted octanol–water partition coefficient (Wildman–Crippen LogP) is 3.44. The summed E-state index contributed by atoms with van der Waals surface area (Å²) in [6, 6.07) is 0. The SMILES string of the molecule is C[Si](C)(C)Sc1ncnc2c1ncn2[Si](C)(C)C. The minimum Gasteiger partial charge on any atom is -0.344 e. The largest absolute Gasteiger partial charge is 0.344 e. The maximum atomic E-state index is 4.54. The van der Waals surface area contributed by atoms with E-state index in [2.05, 4.69) is 58.5 Å². The lowest BCUT2D eigenvalue weighted by molar-refractivity contribution is 1.07. The Kier molecular flexibility index (Phi) is 3.41. The quantitative estimate of drug-likeness (QED) is 0.643. The molecule has 2 rings (SSSR count). The van der Waals surface area contributed by atoms with Crippen molar-refractivity contribution in [1.82, 2.24) is 19.2 Å². The molecule has 98 valence electrons. The van der Waals surface area contributed by atoms with Gasteiger partial charge in [0.1, 0.15) is 24.1 Å². The van der Waals surface area contributed by atoms with Gasteiger partial charge in [-0.1, -0.05) is 39.3 Å². The lowest BCUT2D eigenvalue weighted by Crippen LogP contribution is -2.31. The van der Waals surface area contributed by atoms with Crippen LogP contribution >= 0.6 is 11.2 Å². The molecule has 4 nitrogen and oxygen atoms in total. The van der Waals surface area contributed by atoms with Crippen LogP contribution in [0.2, 0.25) is 39.3 Å². The molecule has 0 N–H and O–H groups in total.